The second kappa shape index (κ2) is 7.24. The van der Waals surface area contributed by atoms with Crippen molar-refractivity contribution < 1.29 is 4.79 Å². The maximum Gasteiger partial charge on any atom is 0.240 e. The summed E-state index contributed by atoms with van der Waals surface area (Å²) < 4.78 is 0. The fourth-order valence-electron chi connectivity index (χ4n) is 3.95. The molecular formula is C21H26N6O. The van der Waals surface area contributed by atoms with Crippen molar-refractivity contribution in [3.05, 3.63) is 53.1 Å². The quantitative estimate of drug-likeness (QED) is 0.722. The van der Waals surface area contributed by atoms with Crippen molar-refractivity contribution >= 4 is 22.6 Å². The third kappa shape index (κ3) is 3.33. The van der Waals surface area contributed by atoms with Crippen LogP contribution in [0.2, 0.25) is 0 Å². The molecule has 4 rings (SSSR count). The smallest absolute Gasteiger partial charge is 0.240 e. The molecule has 146 valence electrons. The van der Waals surface area contributed by atoms with Gasteiger partial charge in [0.15, 0.2) is 0 Å². The van der Waals surface area contributed by atoms with Crippen LogP contribution in [0.25, 0.3) is 10.9 Å². The number of nitrogens with two attached hydrogens (primary N) is 1. The molecule has 3 aromatic rings. The van der Waals surface area contributed by atoms with Crippen LogP contribution < -0.4 is 10.6 Å². The Bertz CT molecular complexity index is 1020. The number of hydrogen-bond acceptors (Lipinski definition) is 5. The zero-order valence-electron chi connectivity index (χ0n) is 16.6. The standard InChI is InChI=1S/C21H26N6O/c1-13-24-19-12-27(9-8-16(19)20(25-13)26(2)3)21(28)17(22)10-14-11-23-18-7-5-4-6-15(14)18/h4-7,11,17,23H,8-10,12,22H2,1-3H3/t17-/m0/s1. The molecule has 0 bridgehead atoms. The van der Waals surface area contributed by atoms with E-state index in [0.717, 1.165) is 45.8 Å². The number of aryl methyl sites for hydroxylation is 1. The van der Waals surface area contributed by atoms with Gasteiger partial charge in [0.2, 0.25) is 5.91 Å². The molecule has 0 spiro atoms. The predicted molar refractivity (Wildman–Crippen MR) is 110 cm³/mol. The number of hydrogen-bond donors (Lipinski definition) is 2. The van der Waals surface area contributed by atoms with Crippen LogP contribution in [-0.2, 0) is 24.2 Å². The number of rotatable bonds is 4. The first-order valence-corrected chi connectivity index (χ1v) is 9.57. The highest BCUT2D eigenvalue weighted by Crippen LogP contribution is 2.26. The highest BCUT2D eigenvalue weighted by atomic mass is 16.2. The summed E-state index contributed by atoms with van der Waals surface area (Å²) in [5, 5.41) is 1.12. The number of nitrogens with zero attached hydrogens (tertiary/aromatic N) is 4. The molecule has 3 N–H and O–H groups in total. The molecule has 1 aromatic carbocycles. The highest BCUT2D eigenvalue weighted by molar-refractivity contribution is 5.86. The van der Waals surface area contributed by atoms with E-state index in [0.29, 0.717) is 19.5 Å². The maximum atomic E-state index is 13.0. The van der Waals surface area contributed by atoms with Crippen LogP contribution in [0, 0.1) is 6.92 Å². The molecule has 0 saturated heterocycles. The van der Waals surface area contributed by atoms with Gasteiger partial charge in [-0.1, -0.05) is 18.2 Å². The summed E-state index contributed by atoms with van der Waals surface area (Å²) in [6, 6.07) is 7.50. The molecule has 1 aliphatic rings. The van der Waals surface area contributed by atoms with Gasteiger partial charge in [-0.25, -0.2) is 9.97 Å². The van der Waals surface area contributed by atoms with E-state index in [4.69, 9.17) is 5.73 Å². The first-order valence-electron chi connectivity index (χ1n) is 9.57. The molecule has 2 aromatic heterocycles. The molecule has 1 amide bonds. The summed E-state index contributed by atoms with van der Waals surface area (Å²) in [6.07, 6.45) is 3.20. The summed E-state index contributed by atoms with van der Waals surface area (Å²) in [4.78, 5) is 29.2. The number of fused-ring (bicyclic) bond motifs is 2. The van der Waals surface area contributed by atoms with Gasteiger partial charge in [0.25, 0.3) is 0 Å². The SMILES string of the molecule is Cc1nc2c(c(N(C)C)n1)CCN(C(=O)[C@@H](N)Cc1c[nH]c3ccccc13)C2. The first kappa shape index (κ1) is 18.4. The third-order valence-corrected chi connectivity index (χ3v) is 5.32. The number of para-hydroxylation sites is 1. The van der Waals surface area contributed by atoms with Crippen LogP contribution in [0.1, 0.15) is 22.6 Å². The Kier molecular flexibility index (Phi) is 4.77. The number of nitrogens with one attached hydrogen (secondary N) is 1. The number of aromatic amines is 1. The van der Waals surface area contributed by atoms with Crippen LogP contribution >= 0.6 is 0 Å². The largest absolute Gasteiger partial charge is 0.362 e. The Morgan fingerprint density at radius 3 is 2.89 bits per heavy atom. The molecule has 0 unspecified atom stereocenters. The number of amides is 1. The monoisotopic (exact) mass is 378 g/mol. The number of carbonyl (C=O) groups is 1. The van der Waals surface area contributed by atoms with Crippen LogP contribution in [0.3, 0.4) is 0 Å². The predicted octanol–water partition coefficient (Wildman–Crippen LogP) is 1.79. The van der Waals surface area contributed by atoms with Crippen molar-refractivity contribution in [1.82, 2.24) is 19.9 Å². The maximum absolute atomic E-state index is 13.0. The van der Waals surface area contributed by atoms with E-state index in [9.17, 15) is 4.79 Å². The van der Waals surface area contributed by atoms with Gasteiger partial charge in [0, 0.05) is 43.3 Å². The van der Waals surface area contributed by atoms with Crippen molar-refractivity contribution in [2.24, 2.45) is 5.73 Å². The van der Waals surface area contributed by atoms with Gasteiger partial charge in [-0.2, -0.15) is 0 Å². The van der Waals surface area contributed by atoms with Gasteiger partial charge >= 0.3 is 0 Å². The van der Waals surface area contributed by atoms with Gasteiger partial charge in [-0.3, -0.25) is 4.79 Å². The van der Waals surface area contributed by atoms with Crippen molar-refractivity contribution in [2.45, 2.75) is 32.4 Å². The van der Waals surface area contributed by atoms with Gasteiger partial charge in [-0.15, -0.1) is 0 Å². The number of carbonyl (C=O) groups excluding carboxylic acids is 1. The van der Waals surface area contributed by atoms with Crippen molar-refractivity contribution in [1.29, 1.82) is 0 Å². The molecule has 0 radical (unpaired) electrons. The van der Waals surface area contributed by atoms with Crippen molar-refractivity contribution in [3.63, 3.8) is 0 Å². The van der Waals surface area contributed by atoms with Crippen LogP contribution in [0.4, 0.5) is 5.82 Å². The van der Waals surface area contributed by atoms with E-state index in [1.54, 1.807) is 0 Å². The highest BCUT2D eigenvalue weighted by Gasteiger charge is 2.28. The molecule has 0 aliphatic carbocycles. The van der Waals surface area contributed by atoms with Crippen LogP contribution in [-0.4, -0.2) is 52.4 Å². The topological polar surface area (TPSA) is 91.1 Å². The minimum atomic E-state index is -0.572. The molecular weight excluding hydrogens is 352 g/mol. The van der Waals surface area contributed by atoms with Gasteiger partial charge in [-0.05, 0) is 31.4 Å². The average molecular weight is 378 g/mol. The molecule has 1 atom stereocenters. The van der Waals surface area contributed by atoms with E-state index in [1.165, 1.54) is 0 Å². The van der Waals surface area contributed by atoms with Crippen molar-refractivity contribution in [3.8, 4) is 0 Å². The fraction of sp³-hybridized carbons (Fsp3) is 0.381. The van der Waals surface area contributed by atoms with Gasteiger partial charge in [0.1, 0.15) is 11.6 Å². The lowest BCUT2D eigenvalue weighted by Gasteiger charge is -2.32. The van der Waals surface area contributed by atoms with Gasteiger partial charge < -0.3 is 20.5 Å². The number of aromatic nitrogens is 3. The zero-order valence-corrected chi connectivity index (χ0v) is 16.6. The molecule has 7 nitrogen and oxygen atoms in total. The number of benzene rings is 1. The second-order valence-corrected chi connectivity index (χ2v) is 7.59. The summed E-state index contributed by atoms with van der Waals surface area (Å²) in [5.41, 5.74) is 10.5. The molecule has 0 fully saturated rings. The van der Waals surface area contributed by atoms with E-state index in [1.807, 2.05) is 55.2 Å². The summed E-state index contributed by atoms with van der Waals surface area (Å²) in [7, 11) is 3.97. The molecule has 3 heterocycles. The van der Waals surface area contributed by atoms with Crippen LogP contribution in [0.5, 0.6) is 0 Å². The second-order valence-electron chi connectivity index (χ2n) is 7.59. The Hall–Kier alpha value is -2.93. The molecule has 1 aliphatic heterocycles. The summed E-state index contributed by atoms with van der Waals surface area (Å²) >= 11 is 0. The minimum Gasteiger partial charge on any atom is -0.362 e. The van der Waals surface area contributed by atoms with Gasteiger partial charge in [0.05, 0.1) is 18.3 Å². The third-order valence-electron chi connectivity index (χ3n) is 5.32. The normalized spacial score (nSPS) is 14.8. The molecule has 0 saturated carbocycles. The Morgan fingerprint density at radius 2 is 2.11 bits per heavy atom. The number of anilines is 1. The lowest BCUT2D eigenvalue weighted by Crippen LogP contribution is -2.47. The zero-order chi connectivity index (χ0) is 19.8. The van der Waals surface area contributed by atoms with E-state index in [-0.39, 0.29) is 5.91 Å². The Labute approximate surface area is 164 Å². The van der Waals surface area contributed by atoms with Crippen molar-refractivity contribution in [2.75, 3.05) is 25.5 Å². The summed E-state index contributed by atoms with van der Waals surface area (Å²) in [5.74, 6) is 1.64. The number of H-pyrrole nitrogens is 1. The average Bonchev–Trinajstić information content (AvgIpc) is 3.09. The lowest BCUT2D eigenvalue weighted by atomic mass is 10.0. The minimum absolute atomic E-state index is 0.0291. The molecule has 28 heavy (non-hydrogen) atoms. The van der Waals surface area contributed by atoms with E-state index >= 15 is 0 Å². The lowest BCUT2D eigenvalue weighted by molar-refractivity contribution is -0.133. The first-order chi connectivity index (χ1) is 13.4. The molecule has 7 heteroatoms. The van der Waals surface area contributed by atoms with E-state index < -0.39 is 6.04 Å². The van der Waals surface area contributed by atoms with E-state index in [2.05, 4.69) is 21.0 Å². The fourth-order valence-corrected chi connectivity index (χ4v) is 3.95. The Morgan fingerprint density at radius 1 is 1.32 bits per heavy atom. The van der Waals surface area contributed by atoms with Crippen LogP contribution in [0.15, 0.2) is 30.5 Å². The summed E-state index contributed by atoms with van der Waals surface area (Å²) in [6.45, 7) is 3.01. The Balaban J connectivity index is 1.51.